The van der Waals surface area contributed by atoms with E-state index in [1.807, 2.05) is 62.1 Å². The number of aliphatic hydroxyl groups is 3. The van der Waals surface area contributed by atoms with Crippen molar-refractivity contribution in [3.05, 3.63) is 78.1 Å². The Morgan fingerprint density at radius 1 is 1.04 bits per heavy atom. The lowest BCUT2D eigenvalue weighted by Crippen LogP contribution is -2.40. The van der Waals surface area contributed by atoms with Gasteiger partial charge in [0.1, 0.15) is 18.3 Å². The number of hydrogen-bond acceptors (Lipinski definition) is 11. The third kappa shape index (κ3) is 7.22. The van der Waals surface area contributed by atoms with Crippen LogP contribution in [0.3, 0.4) is 0 Å². The zero-order valence-corrected chi connectivity index (χ0v) is 27.2. The van der Waals surface area contributed by atoms with Crippen molar-refractivity contribution in [1.82, 2.24) is 24.8 Å². The summed E-state index contributed by atoms with van der Waals surface area (Å²) in [5, 5.41) is 46.6. The first-order valence-electron chi connectivity index (χ1n) is 16.1. The van der Waals surface area contributed by atoms with E-state index in [9.17, 15) is 25.2 Å². The third-order valence-corrected chi connectivity index (χ3v) is 8.72. The number of nitrogens with one attached hydrogen (secondary N) is 2. The Morgan fingerprint density at radius 2 is 1.71 bits per heavy atom. The van der Waals surface area contributed by atoms with Crippen molar-refractivity contribution in [1.29, 1.82) is 0 Å². The summed E-state index contributed by atoms with van der Waals surface area (Å²) in [7, 11) is 0. The molecule has 14 heteroatoms. The van der Waals surface area contributed by atoms with E-state index in [1.165, 1.54) is 10.9 Å². The van der Waals surface area contributed by atoms with Crippen molar-refractivity contribution < 1.29 is 34.7 Å². The van der Waals surface area contributed by atoms with Gasteiger partial charge in [-0.2, -0.15) is 9.97 Å². The molecule has 0 aliphatic carbocycles. The molecule has 48 heavy (non-hydrogen) atoms. The van der Waals surface area contributed by atoms with Crippen LogP contribution in [0.1, 0.15) is 50.5 Å². The van der Waals surface area contributed by atoms with E-state index < -0.39 is 42.8 Å². The molecule has 0 saturated carbocycles. The summed E-state index contributed by atoms with van der Waals surface area (Å²) in [5.41, 5.74) is 2.54. The van der Waals surface area contributed by atoms with Crippen LogP contribution in [-0.4, -0.2) is 108 Å². The number of amides is 1. The largest absolute Gasteiger partial charge is 0.465 e. The molecular weight excluding hydrogens is 618 g/mol. The van der Waals surface area contributed by atoms with E-state index >= 15 is 0 Å². The van der Waals surface area contributed by atoms with Crippen molar-refractivity contribution in [2.24, 2.45) is 0 Å². The number of fused-ring (bicyclic) bond motifs is 1. The molecule has 0 unspecified atom stereocenters. The van der Waals surface area contributed by atoms with Crippen molar-refractivity contribution >= 4 is 29.0 Å². The van der Waals surface area contributed by atoms with Crippen LogP contribution in [0.4, 0.5) is 16.6 Å². The minimum Gasteiger partial charge on any atom is -0.465 e. The molecule has 0 bridgehead atoms. The van der Waals surface area contributed by atoms with Crippen molar-refractivity contribution in [3.8, 4) is 0 Å². The summed E-state index contributed by atoms with van der Waals surface area (Å²) < 4.78 is 13.7. The molecule has 0 radical (unpaired) electrons. The number of nitrogens with zero attached hydrogens (tertiary/aromatic N) is 5. The molecule has 6 rings (SSSR count). The van der Waals surface area contributed by atoms with E-state index in [-0.39, 0.29) is 24.6 Å². The number of imidazole rings is 1. The van der Waals surface area contributed by atoms with Crippen LogP contribution < -0.4 is 15.5 Å². The van der Waals surface area contributed by atoms with Crippen molar-refractivity contribution in [2.75, 3.05) is 36.5 Å². The van der Waals surface area contributed by atoms with Crippen LogP contribution in [0.5, 0.6) is 0 Å². The molecule has 14 nitrogen and oxygen atoms in total. The first kappa shape index (κ1) is 33.6. The summed E-state index contributed by atoms with van der Waals surface area (Å²) in [6.07, 6.45) is -4.05. The predicted octanol–water partition coefficient (Wildman–Crippen LogP) is 2.71. The average Bonchev–Trinajstić information content (AvgIpc) is 3.75. The Kier molecular flexibility index (Phi) is 9.80. The number of ether oxygens (including phenoxy) is 2. The van der Waals surface area contributed by atoms with Gasteiger partial charge in [0.05, 0.1) is 30.7 Å². The van der Waals surface area contributed by atoms with E-state index in [0.717, 1.165) is 11.1 Å². The van der Waals surface area contributed by atoms with Crippen LogP contribution >= 0.6 is 0 Å². The lowest BCUT2D eigenvalue weighted by molar-refractivity contribution is -0.0511. The van der Waals surface area contributed by atoms with Gasteiger partial charge < -0.3 is 45.4 Å². The molecule has 2 aliphatic heterocycles. The maximum absolute atomic E-state index is 11.5. The van der Waals surface area contributed by atoms with Gasteiger partial charge in [-0.15, -0.1) is 0 Å². The van der Waals surface area contributed by atoms with Crippen molar-refractivity contribution in [3.63, 3.8) is 0 Å². The van der Waals surface area contributed by atoms with Crippen LogP contribution in [0, 0.1) is 0 Å². The second-order valence-electron chi connectivity index (χ2n) is 13.3. The molecule has 2 fully saturated rings. The maximum atomic E-state index is 11.5. The van der Waals surface area contributed by atoms with Gasteiger partial charge in [0.25, 0.3) is 0 Å². The normalized spacial score (nSPS) is 24.4. The Bertz CT molecular complexity index is 1640. The number of aliphatic hydroxyl groups excluding tert-OH is 3. The van der Waals surface area contributed by atoms with Crippen LogP contribution in [0.15, 0.2) is 67.0 Å². The number of hydrogen-bond donors (Lipinski definition) is 6. The Balaban J connectivity index is 1.41. The van der Waals surface area contributed by atoms with Crippen molar-refractivity contribution in [2.45, 2.75) is 75.4 Å². The van der Waals surface area contributed by atoms with Gasteiger partial charge in [-0.1, -0.05) is 60.7 Å². The van der Waals surface area contributed by atoms with Gasteiger partial charge in [0, 0.05) is 25.6 Å². The number of benzene rings is 2. The second-order valence-corrected chi connectivity index (χ2v) is 13.3. The van der Waals surface area contributed by atoms with Crippen LogP contribution in [-0.2, 0) is 9.47 Å². The zero-order valence-electron chi connectivity index (χ0n) is 27.2. The summed E-state index contributed by atoms with van der Waals surface area (Å²) in [5.74, 6) is 0.710. The average molecular weight is 662 g/mol. The van der Waals surface area contributed by atoms with Gasteiger partial charge in [-0.25, -0.2) is 9.78 Å². The highest BCUT2D eigenvalue weighted by Gasteiger charge is 2.44. The number of rotatable bonds is 11. The molecule has 0 spiro atoms. The molecule has 2 saturated heterocycles. The minimum absolute atomic E-state index is 0.0349. The standard InChI is InChI=1S/C34H43N7O7/c1-34(2,3)48-23-14-22(15-36-33(45)46)40(17-23)32-38-29(35-16-24(20-10-6-4-7-11-20)21-12-8-5-9-13-21)26-30(39-32)41(19-37-26)31-28(44)27(43)25(18-42)47-31/h4-13,19,22-25,27-28,31,36,42-44H,14-18H2,1-3H3,(H,45,46)(H,35,38,39)/t22-,23+,25+,27+,28+,31+/m0/s1. The van der Waals surface area contributed by atoms with Gasteiger partial charge in [-0.3, -0.25) is 4.57 Å². The highest BCUT2D eigenvalue weighted by molar-refractivity contribution is 5.84. The molecule has 4 aromatic rings. The lowest BCUT2D eigenvalue weighted by atomic mass is 9.91. The second kappa shape index (κ2) is 14.0. The molecule has 6 N–H and O–H groups in total. The fourth-order valence-corrected chi connectivity index (χ4v) is 6.55. The maximum Gasteiger partial charge on any atom is 0.404 e. The van der Waals surface area contributed by atoms with Crippen LogP contribution in [0.25, 0.3) is 11.2 Å². The topological polar surface area (TPSA) is 187 Å². The van der Waals surface area contributed by atoms with Gasteiger partial charge in [-0.05, 0) is 38.3 Å². The zero-order chi connectivity index (χ0) is 34.0. The quantitative estimate of drug-likeness (QED) is 0.138. The monoisotopic (exact) mass is 661 g/mol. The Morgan fingerprint density at radius 3 is 2.29 bits per heavy atom. The smallest absolute Gasteiger partial charge is 0.404 e. The fraction of sp³-hybridized carbons (Fsp3) is 0.471. The highest BCUT2D eigenvalue weighted by Crippen LogP contribution is 2.35. The first-order chi connectivity index (χ1) is 23.0. The molecule has 2 aromatic heterocycles. The highest BCUT2D eigenvalue weighted by atomic mass is 16.6. The fourth-order valence-electron chi connectivity index (χ4n) is 6.55. The lowest BCUT2D eigenvalue weighted by Gasteiger charge is -2.26. The molecule has 4 heterocycles. The van der Waals surface area contributed by atoms with Gasteiger partial charge in [0.2, 0.25) is 5.95 Å². The molecule has 6 atom stereocenters. The van der Waals surface area contributed by atoms with E-state index in [2.05, 4.69) is 39.9 Å². The number of carboxylic acid groups (broad SMARTS) is 1. The first-order valence-corrected chi connectivity index (χ1v) is 16.1. The summed E-state index contributed by atoms with van der Waals surface area (Å²) >= 11 is 0. The third-order valence-electron chi connectivity index (χ3n) is 8.72. The number of anilines is 2. The van der Waals surface area contributed by atoms with E-state index in [1.54, 1.807) is 0 Å². The molecule has 2 aliphatic rings. The van der Waals surface area contributed by atoms with Crippen LogP contribution in [0.2, 0.25) is 0 Å². The summed E-state index contributed by atoms with van der Waals surface area (Å²) in [4.78, 5) is 27.9. The van der Waals surface area contributed by atoms with Gasteiger partial charge in [0.15, 0.2) is 23.2 Å². The molecular formula is C34H43N7O7. The number of aromatic nitrogens is 4. The predicted molar refractivity (Wildman–Crippen MR) is 178 cm³/mol. The summed E-state index contributed by atoms with van der Waals surface area (Å²) in [6.45, 7) is 6.44. The molecule has 1 amide bonds. The Labute approximate surface area is 278 Å². The molecule has 2 aromatic carbocycles. The van der Waals surface area contributed by atoms with E-state index in [4.69, 9.17) is 19.4 Å². The molecule has 256 valence electrons. The Hall–Kier alpha value is -4.34. The minimum atomic E-state index is -1.35. The number of carbonyl (C=O) groups is 1. The summed E-state index contributed by atoms with van der Waals surface area (Å²) in [6, 6.07) is 20.0. The van der Waals surface area contributed by atoms with Gasteiger partial charge >= 0.3 is 6.09 Å². The SMILES string of the molecule is CC(C)(C)O[C@@H]1C[C@@H](CNC(=O)O)N(c2nc(NCC(c3ccccc3)c3ccccc3)c3ncn([C@@H]4O[C@H](CO)[C@@H](O)[C@H]4O)c3n2)C1. The van der Waals surface area contributed by atoms with E-state index in [0.29, 0.717) is 42.4 Å².